The van der Waals surface area contributed by atoms with Crippen LogP contribution < -0.4 is 0 Å². The normalized spacial score (nSPS) is 15.4. The van der Waals surface area contributed by atoms with Crippen LogP contribution in [-0.2, 0) is 30.9 Å². The highest BCUT2D eigenvalue weighted by Gasteiger charge is 2.26. The van der Waals surface area contributed by atoms with Gasteiger partial charge in [-0.05, 0) is 6.42 Å². The van der Waals surface area contributed by atoms with Crippen LogP contribution in [0.3, 0.4) is 0 Å². The van der Waals surface area contributed by atoms with Gasteiger partial charge in [0.15, 0.2) is 0 Å². The van der Waals surface area contributed by atoms with Crippen molar-refractivity contribution in [1.29, 1.82) is 0 Å². The number of hydrogen-bond acceptors (Lipinski definition) is 5. The molecule has 2 unspecified atom stereocenters. The zero-order valence-electron chi connectivity index (χ0n) is 9.52. The molecule has 0 aromatic heterocycles. The van der Waals surface area contributed by atoms with Crippen molar-refractivity contribution in [2.45, 2.75) is 12.8 Å². The minimum Gasteiger partial charge on any atom is -0.481 e. The summed E-state index contributed by atoms with van der Waals surface area (Å²) in [6, 6.07) is 0. The van der Waals surface area contributed by atoms with Crippen LogP contribution in [0.1, 0.15) is 12.8 Å². The second-order valence-corrected chi connectivity index (χ2v) is 8.23. The van der Waals surface area contributed by atoms with E-state index in [-0.39, 0.29) is 38.2 Å². The summed E-state index contributed by atoms with van der Waals surface area (Å²) >= 11 is 4.89. The van der Waals surface area contributed by atoms with Gasteiger partial charge in [0.1, 0.15) is 0 Å². The van der Waals surface area contributed by atoms with Crippen LogP contribution in [0.5, 0.6) is 0 Å². The summed E-state index contributed by atoms with van der Waals surface area (Å²) < 4.78 is 4.39. The van der Waals surface area contributed by atoms with Crippen molar-refractivity contribution >= 4 is 36.5 Å². The molecule has 7 nitrogen and oxygen atoms in total. The summed E-state index contributed by atoms with van der Waals surface area (Å²) in [5.74, 6) is -3.28. The summed E-state index contributed by atoms with van der Waals surface area (Å²) in [5, 5.41) is 17.4. The summed E-state index contributed by atoms with van der Waals surface area (Å²) in [7, 11) is 0. The third-order valence-corrected chi connectivity index (χ3v) is 5.08. The van der Waals surface area contributed by atoms with E-state index in [2.05, 4.69) is 4.74 Å². The number of aliphatic carboxylic acids is 2. The quantitative estimate of drug-likeness (QED) is 0.295. The SMILES string of the molecule is O=COCCP(O)(=S)CC(CCC(=O)O)C(=O)O. The third-order valence-electron chi connectivity index (χ3n) is 2.19. The molecule has 0 heterocycles. The van der Waals surface area contributed by atoms with E-state index in [1.807, 2.05) is 0 Å². The van der Waals surface area contributed by atoms with E-state index in [0.717, 1.165) is 0 Å². The van der Waals surface area contributed by atoms with Crippen molar-refractivity contribution in [3.05, 3.63) is 0 Å². The molecule has 0 amide bonds. The van der Waals surface area contributed by atoms with E-state index in [4.69, 9.17) is 22.0 Å². The Hall–Kier alpha value is -0.980. The summed E-state index contributed by atoms with van der Waals surface area (Å²) in [6.45, 7) is 0.150. The average molecular weight is 298 g/mol. The van der Waals surface area contributed by atoms with E-state index in [1.54, 1.807) is 0 Å². The van der Waals surface area contributed by atoms with Crippen LogP contribution in [0.4, 0.5) is 0 Å². The van der Waals surface area contributed by atoms with Gasteiger partial charge in [0.25, 0.3) is 6.47 Å². The first kappa shape index (κ1) is 17.0. The molecule has 0 aliphatic carbocycles. The van der Waals surface area contributed by atoms with E-state index < -0.39 is 24.1 Å². The monoisotopic (exact) mass is 298 g/mol. The third kappa shape index (κ3) is 8.16. The summed E-state index contributed by atoms with van der Waals surface area (Å²) in [6.07, 6.45) is -3.43. The fourth-order valence-corrected chi connectivity index (χ4v) is 3.63. The Morgan fingerprint density at radius 1 is 1.39 bits per heavy atom. The highest BCUT2D eigenvalue weighted by Crippen LogP contribution is 2.43. The lowest BCUT2D eigenvalue weighted by molar-refractivity contribution is -0.142. The van der Waals surface area contributed by atoms with Gasteiger partial charge >= 0.3 is 11.9 Å². The lowest BCUT2D eigenvalue weighted by Gasteiger charge is -2.19. The van der Waals surface area contributed by atoms with E-state index in [0.29, 0.717) is 0 Å². The molecule has 104 valence electrons. The fraction of sp³-hybridized carbons (Fsp3) is 0.667. The van der Waals surface area contributed by atoms with Gasteiger partial charge < -0.3 is 19.8 Å². The van der Waals surface area contributed by atoms with Gasteiger partial charge in [0.05, 0.1) is 18.8 Å². The first-order chi connectivity index (χ1) is 8.28. The van der Waals surface area contributed by atoms with Crippen molar-refractivity contribution < 1.29 is 34.2 Å². The zero-order valence-corrected chi connectivity index (χ0v) is 11.2. The topological polar surface area (TPSA) is 121 Å². The zero-order chi connectivity index (χ0) is 14.2. The Labute approximate surface area is 109 Å². The van der Waals surface area contributed by atoms with Crippen molar-refractivity contribution in [3.8, 4) is 0 Å². The molecule has 0 bridgehead atoms. The van der Waals surface area contributed by atoms with Crippen LogP contribution >= 0.6 is 6.26 Å². The molecular weight excluding hydrogens is 283 g/mol. The minimum atomic E-state index is -2.92. The number of carbonyl (C=O) groups is 3. The van der Waals surface area contributed by atoms with Gasteiger partial charge in [-0.25, -0.2) is 0 Å². The van der Waals surface area contributed by atoms with Crippen LogP contribution in [0.2, 0.25) is 0 Å². The molecule has 0 aliphatic heterocycles. The molecule has 0 aromatic rings. The standard InChI is InChI=1S/C9H15O7PS/c10-6-16-3-4-17(15,18)5-7(9(13)14)1-2-8(11)12/h6-7H,1-5H2,(H,11,12)(H,13,14)(H,15,18). The number of ether oxygens (including phenoxy) is 1. The first-order valence-corrected chi connectivity index (χ1v) is 8.21. The van der Waals surface area contributed by atoms with Crippen LogP contribution in [-0.4, -0.2) is 52.4 Å². The molecule has 0 fully saturated rings. The number of hydrogen-bond donors (Lipinski definition) is 3. The lowest BCUT2D eigenvalue weighted by Crippen LogP contribution is -2.20. The maximum Gasteiger partial charge on any atom is 0.306 e. The Kier molecular flexibility index (Phi) is 7.73. The Morgan fingerprint density at radius 3 is 2.44 bits per heavy atom. The van der Waals surface area contributed by atoms with Crippen molar-refractivity contribution in [2.24, 2.45) is 5.92 Å². The number of rotatable bonds is 10. The van der Waals surface area contributed by atoms with Crippen LogP contribution in [0.25, 0.3) is 0 Å². The molecule has 0 aliphatic rings. The van der Waals surface area contributed by atoms with Crippen molar-refractivity contribution in [3.63, 3.8) is 0 Å². The molecule has 0 rings (SSSR count). The summed E-state index contributed by atoms with van der Waals surface area (Å²) in [4.78, 5) is 41.0. The number of carboxylic acids is 2. The molecule has 2 atom stereocenters. The minimum absolute atomic E-state index is 0.0257. The van der Waals surface area contributed by atoms with Crippen molar-refractivity contribution in [1.82, 2.24) is 0 Å². The Balaban J connectivity index is 4.37. The van der Waals surface area contributed by atoms with E-state index in [9.17, 15) is 19.3 Å². The van der Waals surface area contributed by atoms with Gasteiger partial charge in [-0.2, -0.15) is 0 Å². The Morgan fingerprint density at radius 2 is 2.00 bits per heavy atom. The molecule has 0 radical (unpaired) electrons. The van der Waals surface area contributed by atoms with Gasteiger partial charge in [0, 0.05) is 18.7 Å². The van der Waals surface area contributed by atoms with Crippen LogP contribution in [0.15, 0.2) is 0 Å². The van der Waals surface area contributed by atoms with Gasteiger partial charge in [0.2, 0.25) is 0 Å². The predicted octanol–water partition coefficient (Wildman–Crippen LogP) is 0.112. The molecule has 0 spiro atoms. The maximum absolute atomic E-state index is 10.9. The average Bonchev–Trinajstić information content (AvgIpc) is 2.23. The molecule has 0 aromatic carbocycles. The number of carbonyl (C=O) groups excluding carboxylic acids is 1. The maximum atomic E-state index is 10.9. The second kappa shape index (κ2) is 8.18. The highest BCUT2D eigenvalue weighted by atomic mass is 32.4. The molecular formula is C9H15O7PS. The van der Waals surface area contributed by atoms with E-state index in [1.165, 1.54) is 0 Å². The second-order valence-electron chi connectivity index (χ2n) is 3.69. The van der Waals surface area contributed by atoms with Crippen LogP contribution in [0, 0.1) is 5.92 Å². The fourth-order valence-electron chi connectivity index (χ4n) is 1.27. The number of carboxylic acid groups (broad SMARTS) is 2. The molecule has 0 saturated carbocycles. The molecule has 0 saturated heterocycles. The van der Waals surface area contributed by atoms with E-state index >= 15 is 0 Å². The smallest absolute Gasteiger partial charge is 0.306 e. The highest BCUT2D eigenvalue weighted by molar-refractivity contribution is 8.11. The molecule has 18 heavy (non-hydrogen) atoms. The first-order valence-electron chi connectivity index (χ1n) is 5.09. The van der Waals surface area contributed by atoms with Crippen molar-refractivity contribution in [2.75, 3.05) is 18.9 Å². The van der Waals surface area contributed by atoms with Gasteiger partial charge in [-0.3, -0.25) is 14.4 Å². The lowest BCUT2D eigenvalue weighted by atomic mass is 10.1. The van der Waals surface area contributed by atoms with Gasteiger partial charge in [-0.15, -0.1) is 0 Å². The molecule has 9 heteroatoms. The Bertz CT molecular complexity index is 357. The van der Waals surface area contributed by atoms with Gasteiger partial charge in [-0.1, -0.05) is 11.8 Å². The summed E-state index contributed by atoms with van der Waals surface area (Å²) in [5.41, 5.74) is 0. The largest absolute Gasteiger partial charge is 0.481 e. The predicted molar refractivity (Wildman–Crippen MR) is 66.2 cm³/mol. The molecule has 3 N–H and O–H groups in total.